The largest absolute Gasteiger partial charge is 0.454 e. The quantitative estimate of drug-likeness (QED) is 0.762. The first-order valence-corrected chi connectivity index (χ1v) is 8.65. The van der Waals surface area contributed by atoms with Gasteiger partial charge in [0.25, 0.3) is 5.91 Å². The van der Waals surface area contributed by atoms with Crippen molar-refractivity contribution in [1.29, 1.82) is 0 Å². The molecule has 2 aromatic carbocycles. The summed E-state index contributed by atoms with van der Waals surface area (Å²) >= 11 is 1.31. The van der Waals surface area contributed by atoms with Crippen LogP contribution >= 0.6 is 11.3 Å². The van der Waals surface area contributed by atoms with Gasteiger partial charge in [0, 0.05) is 17.3 Å². The van der Waals surface area contributed by atoms with E-state index in [9.17, 15) is 4.79 Å². The van der Waals surface area contributed by atoms with Crippen molar-refractivity contribution in [1.82, 2.24) is 4.98 Å². The molecule has 26 heavy (non-hydrogen) atoms. The molecule has 5 rings (SSSR count). The number of rotatable bonds is 3. The van der Waals surface area contributed by atoms with Gasteiger partial charge in [-0.25, -0.2) is 4.98 Å². The Morgan fingerprint density at radius 3 is 2.42 bits per heavy atom. The molecule has 0 saturated carbocycles. The lowest BCUT2D eigenvalue weighted by atomic mass is 10.2. The number of nitrogens with one attached hydrogen (secondary N) is 1. The van der Waals surface area contributed by atoms with Crippen molar-refractivity contribution in [3.05, 3.63) is 47.5 Å². The van der Waals surface area contributed by atoms with Crippen LogP contribution in [0.15, 0.2) is 42.6 Å². The molecule has 0 aliphatic carbocycles. The number of anilines is 1. The molecule has 0 fully saturated rings. The summed E-state index contributed by atoms with van der Waals surface area (Å²) < 4.78 is 21.3. The van der Waals surface area contributed by atoms with Gasteiger partial charge in [-0.15, -0.1) is 11.3 Å². The van der Waals surface area contributed by atoms with Crippen LogP contribution in [0.25, 0.3) is 10.6 Å². The number of hydrogen-bond donors (Lipinski definition) is 1. The minimum absolute atomic E-state index is 0.195. The SMILES string of the molecule is O=C(Nc1ccc2c(c1)OCO2)c1cnc(-c2ccc3c(c2)OCO3)s1. The Bertz CT molecular complexity index is 1020. The molecule has 3 aromatic rings. The van der Waals surface area contributed by atoms with Crippen LogP contribution in [0.2, 0.25) is 0 Å². The fourth-order valence-electron chi connectivity index (χ4n) is 2.71. The zero-order chi connectivity index (χ0) is 17.5. The number of nitrogens with zero attached hydrogens (tertiary/aromatic N) is 1. The van der Waals surface area contributed by atoms with Crippen LogP contribution < -0.4 is 24.3 Å². The highest BCUT2D eigenvalue weighted by atomic mass is 32.1. The van der Waals surface area contributed by atoms with Crippen molar-refractivity contribution in [2.75, 3.05) is 18.9 Å². The standard InChI is InChI=1S/C18H12N2O5S/c21-17(20-11-2-4-13-15(6-11)25-9-23-13)16-7-19-18(26-16)10-1-3-12-14(5-10)24-8-22-12/h1-7H,8-9H2,(H,20,21). The highest BCUT2D eigenvalue weighted by Crippen LogP contribution is 2.37. The smallest absolute Gasteiger partial charge is 0.267 e. The molecule has 1 aromatic heterocycles. The van der Waals surface area contributed by atoms with Gasteiger partial charge in [0.05, 0.1) is 6.20 Å². The molecule has 1 amide bonds. The molecule has 0 bridgehead atoms. The van der Waals surface area contributed by atoms with Crippen molar-refractivity contribution < 1.29 is 23.7 Å². The summed E-state index contributed by atoms with van der Waals surface area (Å²) in [4.78, 5) is 17.3. The average Bonchev–Trinajstić information content (AvgIpc) is 3.39. The lowest BCUT2D eigenvalue weighted by Crippen LogP contribution is -2.09. The second-order valence-corrected chi connectivity index (χ2v) is 6.65. The minimum atomic E-state index is -0.228. The second-order valence-electron chi connectivity index (χ2n) is 5.62. The number of benzene rings is 2. The molecule has 8 heteroatoms. The lowest BCUT2D eigenvalue weighted by molar-refractivity contribution is 0.103. The predicted octanol–water partition coefficient (Wildman–Crippen LogP) is 3.52. The third-order valence-corrected chi connectivity index (χ3v) is 5.02. The molecule has 0 radical (unpaired) electrons. The zero-order valence-corrected chi connectivity index (χ0v) is 14.2. The fraction of sp³-hybridized carbons (Fsp3) is 0.111. The van der Waals surface area contributed by atoms with Gasteiger partial charge in [0.1, 0.15) is 9.88 Å². The van der Waals surface area contributed by atoms with Crippen LogP contribution in [0.1, 0.15) is 9.67 Å². The van der Waals surface area contributed by atoms with E-state index in [0.29, 0.717) is 33.6 Å². The third kappa shape index (κ3) is 2.60. The molecule has 7 nitrogen and oxygen atoms in total. The van der Waals surface area contributed by atoms with E-state index in [1.165, 1.54) is 11.3 Å². The number of thiazole rings is 1. The highest BCUT2D eigenvalue weighted by Gasteiger charge is 2.18. The van der Waals surface area contributed by atoms with E-state index < -0.39 is 0 Å². The van der Waals surface area contributed by atoms with Gasteiger partial charge >= 0.3 is 0 Å². The Balaban J connectivity index is 1.35. The van der Waals surface area contributed by atoms with Crippen molar-refractivity contribution >= 4 is 22.9 Å². The molecule has 1 N–H and O–H groups in total. The number of carbonyl (C=O) groups is 1. The molecule has 0 saturated heterocycles. The number of fused-ring (bicyclic) bond motifs is 2. The Morgan fingerprint density at radius 2 is 1.62 bits per heavy atom. The summed E-state index contributed by atoms with van der Waals surface area (Å²) in [5, 5.41) is 3.58. The number of ether oxygens (including phenoxy) is 4. The Labute approximate surface area is 152 Å². The maximum Gasteiger partial charge on any atom is 0.267 e. The summed E-state index contributed by atoms with van der Waals surface area (Å²) in [5.74, 6) is 2.46. The maximum absolute atomic E-state index is 12.5. The van der Waals surface area contributed by atoms with Crippen molar-refractivity contribution in [3.8, 4) is 33.6 Å². The van der Waals surface area contributed by atoms with Crippen LogP contribution in [0, 0.1) is 0 Å². The molecule has 130 valence electrons. The van der Waals surface area contributed by atoms with Gasteiger partial charge in [0.2, 0.25) is 13.6 Å². The van der Waals surface area contributed by atoms with Crippen LogP contribution in [0.4, 0.5) is 5.69 Å². The van der Waals surface area contributed by atoms with Crippen LogP contribution in [0.3, 0.4) is 0 Å². The average molecular weight is 368 g/mol. The molecule has 0 atom stereocenters. The first kappa shape index (κ1) is 15.0. The summed E-state index contributed by atoms with van der Waals surface area (Å²) in [5.41, 5.74) is 1.51. The van der Waals surface area contributed by atoms with Crippen LogP contribution in [-0.4, -0.2) is 24.5 Å². The topological polar surface area (TPSA) is 78.9 Å². The second kappa shape index (κ2) is 5.92. The van der Waals surface area contributed by atoms with E-state index in [0.717, 1.165) is 10.6 Å². The van der Waals surface area contributed by atoms with Gasteiger partial charge in [-0.05, 0) is 30.3 Å². The van der Waals surface area contributed by atoms with Gasteiger partial charge < -0.3 is 24.3 Å². The summed E-state index contributed by atoms with van der Waals surface area (Å²) in [7, 11) is 0. The molecule has 3 heterocycles. The maximum atomic E-state index is 12.5. The van der Waals surface area contributed by atoms with Crippen molar-refractivity contribution in [3.63, 3.8) is 0 Å². The van der Waals surface area contributed by atoms with Crippen molar-refractivity contribution in [2.45, 2.75) is 0 Å². The zero-order valence-electron chi connectivity index (χ0n) is 13.4. The summed E-state index contributed by atoms with van der Waals surface area (Å²) in [6.07, 6.45) is 1.56. The first-order chi connectivity index (χ1) is 12.8. The van der Waals surface area contributed by atoms with Gasteiger partial charge in [0.15, 0.2) is 23.0 Å². The summed E-state index contributed by atoms with van der Waals surface area (Å²) in [6, 6.07) is 10.9. The van der Waals surface area contributed by atoms with E-state index in [2.05, 4.69) is 10.3 Å². The third-order valence-electron chi connectivity index (χ3n) is 3.98. The van der Waals surface area contributed by atoms with Gasteiger partial charge in [-0.2, -0.15) is 0 Å². The van der Waals surface area contributed by atoms with Gasteiger partial charge in [-0.1, -0.05) is 0 Å². The van der Waals surface area contributed by atoms with Crippen LogP contribution in [0.5, 0.6) is 23.0 Å². The van der Waals surface area contributed by atoms with E-state index in [1.807, 2.05) is 18.2 Å². The lowest BCUT2D eigenvalue weighted by Gasteiger charge is -2.04. The highest BCUT2D eigenvalue weighted by molar-refractivity contribution is 7.17. The molecule has 0 unspecified atom stereocenters. The first-order valence-electron chi connectivity index (χ1n) is 7.83. The van der Waals surface area contributed by atoms with E-state index >= 15 is 0 Å². The fourth-order valence-corrected chi connectivity index (χ4v) is 3.52. The van der Waals surface area contributed by atoms with Gasteiger partial charge in [-0.3, -0.25) is 4.79 Å². The van der Waals surface area contributed by atoms with E-state index in [-0.39, 0.29) is 19.5 Å². The summed E-state index contributed by atoms with van der Waals surface area (Å²) in [6.45, 7) is 0.417. The number of hydrogen-bond acceptors (Lipinski definition) is 7. The van der Waals surface area contributed by atoms with E-state index in [4.69, 9.17) is 18.9 Å². The normalized spacial score (nSPS) is 13.7. The number of carbonyl (C=O) groups excluding carboxylic acids is 1. The molecule has 2 aliphatic heterocycles. The molecular formula is C18H12N2O5S. The monoisotopic (exact) mass is 368 g/mol. The number of amides is 1. The number of aromatic nitrogens is 1. The van der Waals surface area contributed by atoms with Crippen molar-refractivity contribution in [2.24, 2.45) is 0 Å². The Morgan fingerprint density at radius 1 is 0.923 bits per heavy atom. The Hall–Kier alpha value is -3.26. The minimum Gasteiger partial charge on any atom is -0.454 e. The molecule has 2 aliphatic rings. The van der Waals surface area contributed by atoms with E-state index in [1.54, 1.807) is 24.4 Å². The molecule has 0 spiro atoms. The molecular weight excluding hydrogens is 356 g/mol. The predicted molar refractivity (Wildman–Crippen MR) is 94.2 cm³/mol. The van der Waals surface area contributed by atoms with Crippen LogP contribution in [-0.2, 0) is 0 Å². The Kier molecular flexibility index (Phi) is 3.42.